The molecular formula is C17H17BrN2O3. The van der Waals surface area contributed by atoms with Gasteiger partial charge in [0.1, 0.15) is 5.75 Å². The molecule has 2 aromatic rings. The van der Waals surface area contributed by atoms with Crippen molar-refractivity contribution < 1.29 is 14.3 Å². The van der Waals surface area contributed by atoms with E-state index in [1.54, 1.807) is 31.2 Å². The number of rotatable bonds is 5. The van der Waals surface area contributed by atoms with Crippen LogP contribution in [-0.4, -0.2) is 17.9 Å². The minimum Gasteiger partial charge on any atom is -0.480 e. The van der Waals surface area contributed by atoms with Crippen LogP contribution in [0.3, 0.4) is 0 Å². The van der Waals surface area contributed by atoms with Crippen molar-refractivity contribution in [3.63, 3.8) is 0 Å². The van der Waals surface area contributed by atoms with E-state index in [1.165, 1.54) is 0 Å². The molecule has 0 aliphatic rings. The van der Waals surface area contributed by atoms with E-state index in [9.17, 15) is 9.59 Å². The summed E-state index contributed by atoms with van der Waals surface area (Å²) in [5, 5.41) is 2.73. The average Bonchev–Trinajstić information content (AvgIpc) is 2.50. The third-order valence-corrected chi connectivity index (χ3v) is 3.82. The predicted octanol–water partition coefficient (Wildman–Crippen LogP) is 3.26. The van der Waals surface area contributed by atoms with Gasteiger partial charge in [0.05, 0.1) is 4.47 Å². The number of hydrogen-bond donors (Lipinski definition) is 2. The standard InChI is InChI=1S/C17H17BrN2O3/c1-10-3-8-15(14(18)9-10)23-11(2)17(22)20-13-6-4-12(5-7-13)16(19)21/h3-9,11H,1-2H3,(H2,19,21)(H,20,22). The Bertz CT molecular complexity index is 729. The molecule has 0 spiro atoms. The van der Waals surface area contributed by atoms with Gasteiger partial charge in [-0.3, -0.25) is 9.59 Å². The van der Waals surface area contributed by atoms with Crippen LogP contribution in [0.1, 0.15) is 22.8 Å². The van der Waals surface area contributed by atoms with Crippen molar-refractivity contribution in [3.8, 4) is 5.75 Å². The summed E-state index contributed by atoms with van der Waals surface area (Å²) in [5.41, 5.74) is 7.22. The molecule has 2 amide bonds. The average molecular weight is 377 g/mol. The lowest BCUT2D eigenvalue weighted by atomic mass is 10.2. The Balaban J connectivity index is 2.00. The number of nitrogens with one attached hydrogen (secondary N) is 1. The third-order valence-electron chi connectivity index (χ3n) is 3.20. The summed E-state index contributed by atoms with van der Waals surface area (Å²) < 4.78 is 6.46. The second-order valence-corrected chi connectivity index (χ2v) is 5.98. The van der Waals surface area contributed by atoms with Crippen molar-refractivity contribution in [2.45, 2.75) is 20.0 Å². The van der Waals surface area contributed by atoms with Crippen LogP contribution in [-0.2, 0) is 4.79 Å². The molecule has 0 heterocycles. The summed E-state index contributed by atoms with van der Waals surface area (Å²) in [5.74, 6) is -0.199. The number of ether oxygens (including phenoxy) is 1. The van der Waals surface area contributed by atoms with E-state index in [4.69, 9.17) is 10.5 Å². The molecular weight excluding hydrogens is 360 g/mol. The van der Waals surface area contributed by atoms with Crippen LogP contribution in [0.15, 0.2) is 46.9 Å². The van der Waals surface area contributed by atoms with E-state index in [2.05, 4.69) is 21.2 Å². The van der Waals surface area contributed by atoms with Gasteiger partial charge in [0.25, 0.3) is 5.91 Å². The van der Waals surface area contributed by atoms with Gasteiger partial charge in [-0.15, -0.1) is 0 Å². The number of amides is 2. The first-order valence-electron chi connectivity index (χ1n) is 7.00. The molecule has 1 unspecified atom stereocenters. The van der Waals surface area contributed by atoms with E-state index in [-0.39, 0.29) is 5.91 Å². The first-order valence-corrected chi connectivity index (χ1v) is 7.79. The van der Waals surface area contributed by atoms with Crippen LogP contribution < -0.4 is 15.8 Å². The number of benzene rings is 2. The first kappa shape index (κ1) is 17.0. The van der Waals surface area contributed by atoms with Gasteiger partial charge in [0.2, 0.25) is 5.91 Å². The monoisotopic (exact) mass is 376 g/mol. The highest BCUT2D eigenvalue weighted by Crippen LogP contribution is 2.26. The molecule has 2 aromatic carbocycles. The minimum atomic E-state index is -0.676. The summed E-state index contributed by atoms with van der Waals surface area (Å²) in [4.78, 5) is 23.2. The quantitative estimate of drug-likeness (QED) is 0.839. The van der Waals surface area contributed by atoms with Crippen molar-refractivity contribution >= 4 is 33.4 Å². The lowest BCUT2D eigenvalue weighted by Gasteiger charge is -2.16. The molecule has 5 nitrogen and oxygen atoms in total. The SMILES string of the molecule is Cc1ccc(OC(C)C(=O)Nc2ccc(C(N)=O)cc2)c(Br)c1. The molecule has 0 fully saturated rings. The van der Waals surface area contributed by atoms with E-state index in [1.807, 2.05) is 25.1 Å². The largest absolute Gasteiger partial charge is 0.480 e. The van der Waals surface area contributed by atoms with Crippen molar-refractivity contribution in [2.75, 3.05) is 5.32 Å². The van der Waals surface area contributed by atoms with Gasteiger partial charge < -0.3 is 15.8 Å². The zero-order chi connectivity index (χ0) is 17.0. The number of primary amides is 1. The van der Waals surface area contributed by atoms with Crippen molar-refractivity contribution in [2.24, 2.45) is 5.73 Å². The first-order chi connectivity index (χ1) is 10.9. The second-order valence-electron chi connectivity index (χ2n) is 5.12. The summed E-state index contributed by atoms with van der Waals surface area (Å²) in [6, 6.07) is 12.0. The summed E-state index contributed by atoms with van der Waals surface area (Å²) >= 11 is 3.41. The maximum absolute atomic E-state index is 12.2. The number of carbonyl (C=O) groups is 2. The Morgan fingerprint density at radius 2 is 1.83 bits per heavy atom. The fourth-order valence-corrected chi connectivity index (χ4v) is 2.49. The normalized spacial score (nSPS) is 11.6. The Morgan fingerprint density at radius 1 is 1.17 bits per heavy atom. The highest BCUT2D eigenvalue weighted by atomic mass is 79.9. The van der Waals surface area contributed by atoms with Crippen molar-refractivity contribution in [3.05, 3.63) is 58.1 Å². The molecule has 1 atom stereocenters. The predicted molar refractivity (Wildman–Crippen MR) is 92.6 cm³/mol. The maximum Gasteiger partial charge on any atom is 0.265 e. The number of anilines is 1. The van der Waals surface area contributed by atoms with Crippen LogP contribution in [0.25, 0.3) is 0 Å². The molecule has 3 N–H and O–H groups in total. The third kappa shape index (κ3) is 4.56. The van der Waals surface area contributed by atoms with Crippen molar-refractivity contribution in [1.82, 2.24) is 0 Å². The van der Waals surface area contributed by atoms with Crippen LogP contribution in [0.4, 0.5) is 5.69 Å². The Hall–Kier alpha value is -2.34. The number of carbonyl (C=O) groups excluding carboxylic acids is 2. The molecule has 23 heavy (non-hydrogen) atoms. The van der Waals surface area contributed by atoms with Gasteiger partial charge in [0, 0.05) is 11.3 Å². The molecule has 0 aliphatic carbocycles. The summed E-state index contributed by atoms with van der Waals surface area (Å²) in [6.45, 7) is 3.64. The molecule has 0 radical (unpaired) electrons. The van der Waals surface area contributed by atoms with Gasteiger partial charge >= 0.3 is 0 Å². The Morgan fingerprint density at radius 3 is 2.39 bits per heavy atom. The highest BCUT2D eigenvalue weighted by Gasteiger charge is 2.16. The molecule has 2 rings (SSSR count). The van der Waals surface area contributed by atoms with Gasteiger partial charge in [-0.1, -0.05) is 6.07 Å². The lowest BCUT2D eigenvalue weighted by molar-refractivity contribution is -0.122. The fraction of sp³-hybridized carbons (Fsp3) is 0.176. The minimum absolute atomic E-state index is 0.288. The summed E-state index contributed by atoms with van der Waals surface area (Å²) in [6.07, 6.45) is -0.676. The Labute approximate surface area is 143 Å². The van der Waals surface area contributed by atoms with Crippen LogP contribution >= 0.6 is 15.9 Å². The molecule has 0 bridgehead atoms. The van der Waals surface area contributed by atoms with E-state index >= 15 is 0 Å². The molecule has 0 saturated heterocycles. The van der Waals surface area contributed by atoms with E-state index in [0.717, 1.165) is 10.0 Å². The second kappa shape index (κ2) is 7.28. The molecule has 120 valence electrons. The highest BCUT2D eigenvalue weighted by molar-refractivity contribution is 9.10. The number of hydrogen-bond acceptors (Lipinski definition) is 3. The molecule has 0 saturated carbocycles. The maximum atomic E-state index is 12.2. The number of nitrogens with two attached hydrogens (primary N) is 1. The zero-order valence-electron chi connectivity index (χ0n) is 12.8. The molecule has 6 heteroatoms. The smallest absolute Gasteiger partial charge is 0.265 e. The van der Waals surface area contributed by atoms with E-state index in [0.29, 0.717) is 17.0 Å². The molecule has 0 aromatic heterocycles. The zero-order valence-corrected chi connectivity index (χ0v) is 14.4. The van der Waals surface area contributed by atoms with Crippen LogP contribution in [0, 0.1) is 6.92 Å². The van der Waals surface area contributed by atoms with Gasteiger partial charge in [0.15, 0.2) is 6.10 Å². The van der Waals surface area contributed by atoms with Crippen molar-refractivity contribution in [1.29, 1.82) is 0 Å². The Kier molecular flexibility index (Phi) is 5.39. The van der Waals surface area contributed by atoms with Gasteiger partial charge in [-0.25, -0.2) is 0 Å². The molecule has 0 aliphatic heterocycles. The van der Waals surface area contributed by atoms with Gasteiger partial charge in [-0.05, 0) is 71.7 Å². The number of halogens is 1. The van der Waals surface area contributed by atoms with Gasteiger partial charge in [-0.2, -0.15) is 0 Å². The lowest BCUT2D eigenvalue weighted by Crippen LogP contribution is -2.30. The fourth-order valence-electron chi connectivity index (χ4n) is 1.91. The van der Waals surface area contributed by atoms with Crippen LogP contribution in [0.2, 0.25) is 0 Å². The van der Waals surface area contributed by atoms with Crippen LogP contribution in [0.5, 0.6) is 5.75 Å². The topological polar surface area (TPSA) is 81.4 Å². The number of aryl methyl sites for hydroxylation is 1. The summed E-state index contributed by atoms with van der Waals surface area (Å²) in [7, 11) is 0. The van der Waals surface area contributed by atoms with E-state index < -0.39 is 12.0 Å².